The summed E-state index contributed by atoms with van der Waals surface area (Å²) in [5.74, 6) is 0.258. The van der Waals surface area contributed by atoms with Crippen molar-refractivity contribution in [3.63, 3.8) is 0 Å². The second-order valence-corrected chi connectivity index (χ2v) is 8.50. The second-order valence-electron chi connectivity index (χ2n) is 6.73. The molecule has 1 atom stereocenters. The lowest BCUT2D eigenvalue weighted by molar-refractivity contribution is -0.138. The molecule has 1 unspecified atom stereocenters. The van der Waals surface area contributed by atoms with Crippen LogP contribution in [0.15, 0.2) is 30.3 Å². The van der Waals surface area contributed by atoms with Crippen molar-refractivity contribution in [2.75, 3.05) is 5.75 Å². The van der Waals surface area contributed by atoms with Gasteiger partial charge in [0.2, 0.25) is 9.84 Å². The third-order valence-electron chi connectivity index (χ3n) is 4.10. The molecule has 0 saturated heterocycles. The Balaban J connectivity index is 2.48. The number of hydrogen-bond acceptors (Lipinski definition) is 4. The highest BCUT2D eigenvalue weighted by molar-refractivity contribution is 7.96. The lowest BCUT2D eigenvalue weighted by atomic mass is 9.93. The Morgan fingerprint density at radius 1 is 1.14 bits per heavy atom. The van der Waals surface area contributed by atoms with Gasteiger partial charge in [0.25, 0.3) is 0 Å². The molecule has 2 aromatic rings. The molecule has 0 saturated carbocycles. The fourth-order valence-corrected chi connectivity index (χ4v) is 3.82. The Morgan fingerprint density at radius 2 is 1.82 bits per heavy atom. The molecule has 0 aromatic heterocycles. The third-order valence-corrected chi connectivity index (χ3v) is 5.34. The van der Waals surface area contributed by atoms with Crippen LogP contribution in [-0.2, 0) is 14.6 Å². The van der Waals surface area contributed by atoms with Crippen molar-refractivity contribution in [3.05, 3.63) is 58.4 Å². The summed E-state index contributed by atoms with van der Waals surface area (Å²) in [6, 6.07) is 8.32. The Labute approximate surface area is 163 Å². The van der Waals surface area contributed by atoms with Gasteiger partial charge in [-0.1, -0.05) is 23.8 Å². The van der Waals surface area contributed by atoms with Crippen LogP contribution in [0.1, 0.15) is 28.7 Å². The van der Waals surface area contributed by atoms with Crippen molar-refractivity contribution in [3.8, 4) is 22.3 Å². The normalized spacial score (nSPS) is 12.2. The molecule has 0 radical (unpaired) electrons. The molecule has 0 aliphatic rings. The highest BCUT2D eigenvalue weighted by Crippen LogP contribution is 2.28. The predicted molar refractivity (Wildman–Crippen MR) is 105 cm³/mol. The lowest BCUT2D eigenvalue weighted by Gasteiger charge is -2.11. The molecule has 7 heteroatoms. The maximum atomic E-state index is 13.6. The number of aliphatic hydroxyl groups is 1. The van der Waals surface area contributed by atoms with Crippen LogP contribution in [0.4, 0.5) is 4.39 Å². The van der Waals surface area contributed by atoms with E-state index in [9.17, 15) is 22.7 Å². The van der Waals surface area contributed by atoms with Gasteiger partial charge < -0.3 is 10.2 Å². The zero-order valence-electron chi connectivity index (χ0n) is 15.8. The SMILES string of the molecule is Cc1cc(C)c(C#CS(=O)(=O)CC(O)CC(=O)O)c(-c2ccc(F)c(C)c2)c1. The Morgan fingerprint density at radius 3 is 2.43 bits per heavy atom. The molecule has 0 spiro atoms. The number of rotatable bonds is 5. The van der Waals surface area contributed by atoms with Crippen molar-refractivity contribution in [2.45, 2.75) is 33.3 Å². The number of hydrogen-bond donors (Lipinski definition) is 2. The van der Waals surface area contributed by atoms with Crippen molar-refractivity contribution in [1.82, 2.24) is 0 Å². The van der Waals surface area contributed by atoms with E-state index < -0.39 is 34.1 Å². The second kappa shape index (κ2) is 8.55. The number of carboxylic acids is 1. The average molecular weight is 404 g/mol. The molecule has 28 heavy (non-hydrogen) atoms. The monoisotopic (exact) mass is 404 g/mol. The van der Waals surface area contributed by atoms with Gasteiger partial charge in [-0.3, -0.25) is 4.79 Å². The van der Waals surface area contributed by atoms with Crippen molar-refractivity contribution >= 4 is 15.8 Å². The summed E-state index contributed by atoms with van der Waals surface area (Å²) in [7, 11) is -4.00. The molecule has 0 aliphatic carbocycles. The van der Waals surface area contributed by atoms with Gasteiger partial charge in [0.1, 0.15) is 5.82 Å². The van der Waals surface area contributed by atoms with Gasteiger partial charge in [-0.2, -0.15) is 0 Å². The minimum absolute atomic E-state index is 0.337. The topological polar surface area (TPSA) is 91.7 Å². The number of benzene rings is 2. The van der Waals surface area contributed by atoms with Crippen molar-refractivity contribution in [1.29, 1.82) is 0 Å². The van der Waals surface area contributed by atoms with Crippen molar-refractivity contribution < 1.29 is 27.8 Å². The molecule has 2 aromatic carbocycles. The molecule has 2 N–H and O–H groups in total. The smallest absolute Gasteiger partial charge is 0.306 e. The van der Waals surface area contributed by atoms with Crippen LogP contribution in [0, 0.1) is 37.8 Å². The van der Waals surface area contributed by atoms with E-state index in [4.69, 9.17) is 5.11 Å². The van der Waals surface area contributed by atoms with Gasteiger partial charge in [0.05, 0.1) is 18.3 Å². The van der Waals surface area contributed by atoms with E-state index in [1.165, 1.54) is 6.07 Å². The minimum Gasteiger partial charge on any atom is -0.481 e. The largest absolute Gasteiger partial charge is 0.481 e. The maximum Gasteiger partial charge on any atom is 0.306 e. The van der Waals surface area contributed by atoms with Gasteiger partial charge in [-0.25, -0.2) is 12.8 Å². The van der Waals surface area contributed by atoms with E-state index in [-0.39, 0.29) is 5.82 Å². The first-order chi connectivity index (χ1) is 13.0. The fraction of sp³-hybridized carbons (Fsp3) is 0.286. The predicted octanol–water partition coefficient (Wildman–Crippen LogP) is 2.98. The first-order valence-corrected chi connectivity index (χ1v) is 10.2. The molecule has 5 nitrogen and oxygen atoms in total. The Hall–Kier alpha value is -2.69. The average Bonchev–Trinajstić information content (AvgIpc) is 2.54. The summed E-state index contributed by atoms with van der Waals surface area (Å²) in [5, 5.41) is 20.4. The molecule has 148 valence electrons. The molecule has 0 aliphatic heterocycles. The van der Waals surface area contributed by atoms with Crippen LogP contribution in [0.2, 0.25) is 0 Å². The van der Waals surface area contributed by atoms with Gasteiger partial charge in [-0.15, -0.1) is 0 Å². The summed E-state index contributed by atoms with van der Waals surface area (Å²) in [5.41, 5.74) is 4.02. The molecule has 0 bridgehead atoms. The zero-order chi connectivity index (χ0) is 21.1. The summed E-state index contributed by atoms with van der Waals surface area (Å²) >= 11 is 0. The van der Waals surface area contributed by atoms with Crippen LogP contribution in [0.3, 0.4) is 0 Å². The van der Waals surface area contributed by atoms with E-state index >= 15 is 0 Å². The summed E-state index contributed by atoms with van der Waals surface area (Å²) < 4.78 is 37.9. The number of carboxylic acid groups (broad SMARTS) is 1. The van der Waals surface area contributed by atoms with Gasteiger partial charge in [0.15, 0.2) is 0 Å². The number of aryl methyl sites for hydroxylation is 3. The highest BCUT2D eigenvalue weighted by Gasteiger charge is 2.18. The summed E-state index contributed by atoms with van der Waals surface area (Å²) in [6.45, 7) is 5.33. The van der Waals surface area contributed by atoms with E-state index in [0.717, 1.165) is 11.1 Å². The molecular weight excluding hydrogens is 383 g/mol. The number of halogens is 1. The van der Waals surface area contributed by atoms with Crippen LogP contribution < -0.4 is 0 Å². The Kier molecular flexibility index (Phi) is 6.60. The van der Waals surface area contributed by atoms with Crippen LogP contribution in [0.25, 0.3) is 11.1 Å². The lowest BCUT2D eigenvalue weighted by Crippen LogP contribution is -2.22. The molecule has 0 amide bonds. The van der Waals surface area contributed by atoms with Gasteiger partial charge in [-0.05, 0) is 61.1 Å². The first-order valence-electron chi connectivity index (χ1n) is 8.51. The number of aliphatic carboxylic acids is 1. The maximum absolute atomic E-state index is 13.6. The third kappa shape index (κ3) is 5.65. The highest BCUT2D eigenvalue weighted by atomic mass is 32.2. The Bertz CT molecular complexity index is 1080. The molecule has 0 heterocycles. The van der Waals surface area contributed by atoms with Crippen LogP contribution in [0.5, 0.6) is 0 Å². The van der Waals surface area contributed by atoms with Gasteiger partial charge >= 0.3 is 5.97 Å². The summed E-state index contributed by atoms with van der Waals surface area (Å²) in [6.07, 6.45) is -2.21. The number of sulfone groups is 1. The van der Waals surface area contributed by atoms with E-state index in [1.54, 1.807) is 26.0 Å². The molecule has 2 rings (SSSR count). The van der Waals surface area contributed by atoms with Gasteiger partial charge in [0, 0.05) is 10.8 Å². The van der Waals surface area contributed by atoms with Crippen LogP contribution in [-0.4, -0.2) is 36.5 Å². The fourth-order valence-electron chi connectivity index (χ4n) is 2.86. The quantitative estimate of drug-likeness (QED) is 0.748. The van der Waals surface area contributed by atoms with Crippen molar-refractivity contribution in [2.24, 2.45) is 0 Å². The van der Waals surface area contributed by atoms with E-state index in [1.807, 2.05) is 19.1 Å². The van der Waals surface area contributed by atoms with Crippen LogP contribution >= 0.6 is 0 Å². The standard InChI is InChI=1S/C21H21FO5S/c1-13-8-14(2)18(6-7-28(26,27)12-17(23)11-21(24)25)19(9-13)16-4-5-20(22)15(3)10-16/h4-5,8-10,17,23H,11-12H2,1-3H3,(H,24,25). The number of carbonyl (C=O) groups is 1. The zero-order valence-corrected chi connectivity index (χ0v) is 16.6. The minimum atomic E-state index is -4.00. The van der Waals surface area contributed by atoms with E-state index in [2.05, 4.69) is 11.2 Å². The first kappa shape index (κ1) is 21.6. The summed E-state index contributed by atoms with van der Waals surface area (Å²) in [4.78, 5) is 10.6. The van der Waals surface area contributed by atoms with E-state index in [0.29, 0.717) is 22.3 Å². The number of aliphatic hydroxyl groups excluding tert-OH is 1. The molecule has 0 fully saturated rings. The molecular formula is C21H21FO5S.